The van der Waals surface area contributed by atoms with Crippen molar-refractivity contribution in [1.82, 2.24) is 4.90 Å². The number of fused-ring (bicyclic) bond motifs is 2. The van der Waals surface area contributed by atoms with Crippen LogP contribution in [0.3, 0.4) is 0 Å². The molecule has 4 atom stereocenters. The lowest BCUT2D eigenvalue weighted by molar-refractivity contribution is 0.219. The van der Waals surface area contributed by atoms with Crippen LogP contribution in [-0.4, -0.2) is 25.5 Å². The van der Waals surface area contributed by atoms with Gasteiger partial charge in [0.2, 0.25) is 0 Å². The van der Waals surface area contributed by atoms with E-state index >= 15 is 0 Å². The molecule has 3 rings (SSSR count). The van der Waals surface area contributed by atoms with E-state index < -0.39 is 0 Å². The van der Waals surface area contributed by atoms with Crippen molar-refractivity contribution in [2.75, 3.05) is 20.6 Å². The molecule has 1 heteroatoms. The predicted octanol–water partition coefficient (Wildman–Crippen LogP) is 3.38. The van der Waals surface area contributed by atoms with Crippen LogP contribution in [0.15, 0.2) is 30.3 Å². The zero-order valence-corrected chi connectivity index (χ0v) is 11.0. The second kappa shape index (κ2) is 4.45. The van der Waals surface area contributed by atoms with Gasteiger partial charge in [0.15, 0.2) is 0 Å². The molecule has 2 aliphatic carbocycles. The van der Waals surface area contributed by atoms with Crippen LogP contribution in [-0.2, 0) is 0 Å². The van der Waals surface area contributed by atoms with Gasteiger partial charge in [0.1, 0.15) is 0 Å². The lowest BCUT2D eigenvalue weighted by Gasteiger charge is -2.33. The van der Waals surface area contributed by atoms with E-state index in [4.69, 9.17) is 0 Å². The highest BCUT2D eigenvalue weighted by Crippen LogP contribution is 2.56. The summed E-state index contributed by atoms with van der Waals surface area (Å²) >= 11 is 0. The van der Waals surface area contributed by atoms with Gasteiger partial charge >= 0.3 is 0 Å². The summed E-state index contributed by atoms with van der Waals surface area (Å²) in [6.45, 7) is 1.26. The van der Waals surface area contributed by atoms with Gasteiger partial charge in [-0.2, -0.15) is 0 Å². The Bertz CT molecular complexity index is 370. The molecule has 2 saturated carbocycles. The van der Waals surface area contributed by atoms with E-state index in [-0.39, 0.29) is 0 Å². The first-order valence-corrected chi connectivity index (χ1v) is 6.95. The Morgan fingerprint density at radius 2 is 1.76 bits per heavy atom. The minimum atomic E-state index is 0.831. The summed E-state index contributed by atoms with van der Waals surface area (Å²) in [5.74, 6) is 3.68. The topological polar surface area (TPSA) is 3.24 Å². The lowest BCUT2D eigenvalue weighted by atomic mass is 9.75. The van der Waals surface area contributed by atoms with Crippen molar-refractivity contribution >= 4 is 0 Å². The van der Waals surface area contributed by atoms with Gasteiger partial charge in [0.05, 0.1) is 0 Å². The van der Waals surface area contributed by atoms with Crippen LogP contribution in [0.1, 0.15) is 30.7 Å². The average molecular weight is 229 g/mol. The third-order valence-corrected chi connectivity index (χ3v) is 4.85. The predicted molar refractivity (Wildman–Crippen MR) is 72.1 cm³/mol. The highest BCUT2D eigenvalue weighted by Gasteiger charge is 2.47. The zero-order valence-electron chi connectivity index (χ0n) is 11.0. The Kier molecular flexibility index (Phi) is 2.96. The average Bonchev–Trinajstić information content (AvgIpc) is 2.90. The summed E-state index contributed by atoms with van der Waals surface area (Å²) in [4.78, 5) is 2.38. The molecule has 1 nitrogen and oxygen atoms in total. The largest absolute Gasteiger partial charge is 0.309 e. The second-order valence-electron chi connectivity index (χ2n) is 6.20. The minimum absolute atomic E-state index is 0.831. The summed E-state index contributed by atoms with van der Waals surface area (Å²) < 4.78 is 0. The van der Waals surface area contributed by atoms with Crippen molar-refractivity contribution in [3.05, 3.63) is 35.9 Å². The highest BCUT2D eigenvalue weighted by molar-refractivity contribution is 5.24. The van der Waals surface area contributed by atoms with Gasteiger partial charge in [0.25, 0.3) is 0 Å². The summed E-state index contributed by atoms with van der Waals surface area (Å²) in [7, 11) is 4.43. The fourth-order valence-corrected chi connectivity index (χ4v) is 4.29. The lowest BCUT2D eigenvalue weighted by Crippen LogP contribution is -2.30. The van der Waals surface area contributed by atoms with Crippen LogP contribution in [0.4, 0.5) is 0 Å². The highest BCUT2D eigenvalue weighted by atomic mass is 15.1. The van der Waals surface area contributed by atoms with Crippen molar-refractivity contribution in [3.63, 3.8) is 0 Å². The van der Waals surface area contributed by atoms with Gasteiger partial charge in [-0.3, -0.25) is 0 Å². The molecule has 2 fully saturated rings. The normalized spacial score (nSPS) is 35.7. The molecular weight excluding hydrogens is 206 g/mol. The Labute approximate surface area is 105 Å². The zero-order chi connectivity index (χ0) is 11.8. The first-order valence-electron chi connectivity index (χ1n) is 6.95. The molecule has 0 radical (unpaired) electrons. The maximum Gasteiger partial charge on any atom is 0.00122 e. The molecule has 17 heavy (non-hydrogen) atoms. The fourth-order valence-electron chi connectivity index (χ4n) is 4.29. The molecule has 0 N–H and O–H groups in total. The van der Waals surface area contributed by atoms with Crippen LogP contribution in [0.2, 0.25) is 0 Å². The Hall–Kier alpha value is -0.820. The van der Waals surface area contributed by atoms with E-state index in [0.717, 1.165) is 23.7 Å². The SMILES string of the molecule is CN(C)C[C@H]1[C@@H]2CC[C@@H](C2)[C@@H]1c1ccccc1. The molecule has 2 aliphatic rings. The van der Waals surface area contributed by atoms with E-state index in [1.54, 1.807) is 5.56 Å². The molecule has 0 spiro atoms. The van der Waals surface area contributed by atoms with Crippen LogP contribution in [0, 0.1) is 17.8 Å². The maximum absolute atomic E-state index is 2.38. The quantitative estimate of drug-likeness (QED) is 0.768. The van der Waals surface area contributed by atoms with Crippen LogP contribution < -0.4 is 0 Å². The molecule has 2 bridgehead atoms. The van der Waals surface area contributed by atoms with Crippen LogP contribution in [0.5, 0.6) is 0 Å². The van der Waals surface area contributed by atoms with Crippen molar-refractivity contribution < 1.29 is 0 Å². The molecule has 0 amide bonds. The van der Waals surface area contributed by atoms with E-state index in [2.05, 4.69) is 49.3 Å². The number of hydrogen-bond acceptors (Lipinski definition) is 1. The van der Waals surface area contributed by atoms with E-state index in [1.807, 2.05) is 0 Å². The van der Waals surface area contributed by atoms with Gasteiger partial charge < -0.3 is 4.90 Å². The monoisotopic (exact) mass is 229 g/mol. The van der Waals surface area contributed by atoms with Gasteiger partial charge in [-0.1, -0.05) is 30.3 Å². The van der Waals surface area contributed by atoms with Crippen molar-refractivity contribution in [3.8, 4) is 0 Å². The first-order chi connectivity index (χ1) is 8.25. The third-order valence-electron chi connectivity index (χ3n) is 4.85. The summed E-state index contributed by atoms with van der Waals surface area (Å²) in [5, 5.41) is 0. The van der Waals surface area contributed by atoms with Crippen molar-refractivity contribution in [2.24, 2.45) is 17.8 Å². The van der Waals surface area contributed by atoms with E-state index in [1.165, 1.54) is 25.8 Å². The molecule has 0 heterocycles. The number of rotatable bonds is 3. The molecule has 1 aromatic rings. The Balaban J connectivity index is 1.86. The summed E-state index contributed by atoms with van der Waals surface area (Å²) in [6.07, 6.45) is 4.43. The van der Waals surface area contributed by atoms with Gasteiger partial charge in [-0.25, -0.2) is 0 Å². The summed E-state index contributed by atoms with van der Waals surface area (Å²) in [5.41, 5.74) is 1.59. The van der Waals surface area contributed by atoms with Crippen LogP contribution in [0.25, 0.3) is 0 Å². The molecule has 0 aliphatic heterocycles. The number of benzene rings is 1. The molecule has 0 aromatic heterocycles. The van der Waals surface area contributed by atoms with Gasteiger partial charge in [0, 0.05) is 6.54 Å². The molecule has 0 saturated heterocycles. The van der Waals surface area contributed by atoms with Crippen LogP contribution >= 0.6 is 0 Å². The molecule has 92 valence electrons. The smallest absolute Gasteiger partial charge is 0.00122 e. The standard InChI is InChI=1S/C16H23N/c1-17(2)11-15-13-8-9-14(10-13)16(15)12-6-4-3-5-7-12/h3-7,13-16H,8-11H2,1-2H3/t13-,14+,15+,16+/m1/s1. The summed E-state index contributed by atoms with van der Waals surface area (Å²) in [6, 6.07) is 11.2. The Morgan fingerprint density at radius 3 is 2.47 bits per heavy atom. The molecule has 1 aromatic carbocycles. The second-order valence-corrected chi connectivity index (χ2v) is 6.20. The van der Waals surface area contributed by atoms with Gasteiger partial charge in [-0.15, -0.1) is 0 Å². The van der Waals surface area contributed by atoms with Crippen molar-refractivity contribution in [2.45, 2.75) is 25.2 Å². The fraction of sp³-hybridized carbons (Fsp3) is 0.625. The maximum atomic E-state index is 2.38. The van der Waals surface area contributed by atoms with E-state index in [9.17, 15) is 0 Å². The number of hydrogen-bond donors (Lipinski definition) is 0. The number of nitrogens with zero attached hydrogens (tertiary/aromatic N) is 1. The molecular formula is C16H23N. The molecule has 0 unspecified atom stereocenters. The third kappa shape index (κ3) is 2.01. The van der Waals surface area contributed by atoms with Crippen molar-refractivity contribution in [1.29, 1.82) is 0 Å². The minimum Gasteiger partial charge on any atom is -0.309 e. The van der Waals surface area contributed by atoms with Gasteiger partial charge in [-0.05, 0) is 62.6 Å². The van der Waals surface area contributed by atoms with E-state index in [0.29, 0.717) is 0 Å². The Morgan fingerprint density at radius 1 is 1.06 bits per heavy atom. The first kappa shape index (κ1) is 11.3.